The quantitative estimate of drug-likeness (QED) is 0.625. The van der Waals surface area contributed by atoms with E-state index in [1.807, 2.05) is 11.8 Å². The SMILES string of the molecule is Cc1cc(=O)[nH]c(SC(C)C(=O)N2CCCN(Cc3cccs3)CC2)n1. The van der Waals surface area contributed by atoms with Crippen LogP contribution in [0.2, 0.25) is 0 Å². The van der Waals surface area contributed by atoms with Gasteiger partial charge in [0.2, 0.25) is 5.91 Å². The van der Waals surface area contributed by atoms with E-state index in [0.29, 0.717) is 10.9 Å². The Morgan fingerprint density at radius 1 is 1.38 bits per heavy atom. The van der Waals surface area contributed by atoms with Crippen LogP contribution >= 0.6 is 23.1 Å². The molecular weight excluding hydrogens is 368 g/mol. The highest BCUT2D eigenvalue weighted by Crippen LogP contribution is 2.21. The normalized spacial score (nSPS) is 17.1. The maximum Gasteiger partial charge on any atom is 0.251 e. The molecule has 6 nitrogen and oxygen atoms in total. The number of aromatic nitrogens is 2. The Labute approximate surface area is 161 Å². The molecule has 2 aromatic heterocycles. The van der Waals surface area contributed by atoms with E-state index in [4.69, 9.17) is 0 Å². The molecule has 1 amide bonds. The zero-order valence-corrected chi connectivity index (χ0v) is 16.7. The summed E-state index contributed by atoms with van der Waals surface area (Å²) in [6, 6.07) is 5.69. The van der Waals surface area contributed by atoms with Crippen LogP contribution < -0.4 is 5.56 Å². The number of nitrogens with one attached hydrogen (secondary N) is 1. The van der Waals surface area contributed by atoms with Crippen molar-refractivity contribution in [1.29, 1.82) is 0 Å². The number of rotatable bonds is 5. The minimum absolute atomic E-state index is 0.108. The van der Waals surface area contributed by atoms with Crippen molar-refractivity contribution < 1.29 is 4.79 Å². The number of thioether (sulfide) groups is 1. The van der Waals surface area contributed by atoms with Crippen LogP contribution in [0.25, 0.3) is 0 Å². The van der Waals surface area contributed by atoms with Gasteiger partial charge in [-0.3, -0.25) is 14.5 Å². The zero-order chi connectivity index (χ0) is 18.5. The van der Waals surface area contributed by atoms with Crippen molar-refractivity contribution in [3.63, 3.8) is 0 Å². The van der Waals surface area contributed by atoms with E-state index in [2.05, 4.69) is 32.4 Å². The summed E-state index contributed by atoms with van der Waals surface area (Å²) in [6.45, 7) is 8.04. The Kier molecular flexibility index (Phi) is 6.50. The topological polar surface area (TPSA) is 69.3 Å². The summed E-state index contributed by atoms with van der Waals surface area (Å²) in [5.41, 5.74) is 0.480. The van der Waals surface area contributed by atoms with E-state index in [-0.39, 0.29) is 16.7 Å². The number of thiophene rings is 1. The van der Waals surface area contributed by atoms with Gasteiger partial charge in [0, 0.05) is 49.4 Å². The van der Waals surface area contributed by atoms with Crippen LogP contribution in [0.15, 0.2) is 33.5 Å². The smallest absolute Gasteiger partial charge is 0.251 e. The predicted octanol–water partition coefficient (Wildman–Crippen LogP) is 2.35. The number of carbonyl (C=O) groups is 1. The molecule has 3 heterocycles. The first-order valence-corrected chi connectivity index (χ1v) is 10.6. The van der Waals surface area contributed by atoms with E-state index < -0.39 is 0 Å². The van der Waals surface area contributed by atoms with Crippen LogP contribution in [0.1, 0.15) is 23.9 Å². The van der Waals surface area contributed by atoms with Gasteiger partial charge < -0.3 is 9.88 Å². The molecule has 2 aromatic rings. The number of hydrogen-bond donors (Lipinski definition) is 1. The van der Waals surface area contributed by atoms with E-state index in [1.54, 1.807) is 18.3 Å². The maximum atomic E-state index is 12.8. The lowest BCUT2D eigenvalue weighted by atomic mass is 10.3. The first-order valence-electron chi connectivity index (χ1n) is 8.79. The molecule has 1 fully saturated rings. The molecular formula is C18H24N4O2S2. The Balaban J connectivity index is 1.56. The molecule has 0 aliphatic carbocycles. The molecule has 0 bridgehead atoms. The minimum atomic E-state index is -0.274. The van der Waals surface area contributed by atoms with E-state index in [1.165, 1.54) is 22.7 Å². The lowest BCUT2D eigenvalue weighted by Gasteiger charge is -2.24. The fourth-order valence-electron chi connectivity index (χ4n) is 3.05. The first kappa shape index (κ1) is 19.1. The second kappa shape index (κ2) is 8.83. The average molecular weight is 393 g/mol. The van der Waals surface area contributed by atoms with E-state index in [9.17, 15) is 9.59 Å². The molecule has 3 rings (SSSR count). The molecule has 0 aromatic carbocycles. The minimum Gasteiger partial charge on any atom is -0.340 e. The fraction of sp³-hybridized carbons (Fsp3) is 0.500. The molecule has 0 spiro atoms. The van der Waals surface area contributed by atoms with Crippen molar-refractivity contribution in [1.82, 2.24) is 19.8 Å². The molecule has 0 saturated carbocycles. The van der Waals surface area contributed by atoms with Gasteiger partial charge in [0.05, 0.1) is 5.25 Å². The molecule has 1 aliphatic heterocycles. The van der Waals surface area contributed by atoms with Crippen LogP contribution in [0, 0.1) is 6.92 Å². The third-order valence-electron chi connectivity index (χ3n) is 4.34. The van der Waals surface area contributed by atoms with Gasteiger partial charge in [0.15, 0.2) is 5.16 Å². The second-order valence-corrected chi connectivity index (χ2v) is 8.85. The largest absolute Gasteiger partial charge is 0.340 e. The zero-order valence-electron chi connectivity index (χ0n) is 15.1. The predicted molar refractivity (Wildman–Crippen MR) is 106 cm³/mol. The number of carbonyl (C=O) groups excluding carboxylic acids is 1. The van der Waals surface area contributed by atoms with Crippen molar-refractivity contribution in [3.05, 3.63) is 44.5 Å². The van der Waals surface area contributed by atoms with Gasteiger partial charge in [-0.25, -0.2) is 4.98 Å². The molecule has 1 saturated heterocycles. The standard InChI is InChI=1S/C18H24N4O2S2/c1-13-11-16(23)20-18(19-13)26-14(2)17(24)22-7-4-6-21(8-9-22)12-15-5-3-10-25-15/h3,5,10-11,14H,4,6-9,12H2,1-2H3,(H,19,20,23). The van der Waals surface area contributed by atoms with Crippen molar-refractivity contribution in [2.45, 2.75) is 37.2 Å². The van der Waals surface area contributed by atoms with Gasteiger partial charge in [0.1, 0.15) is 0 Å². The van der Waals surface area contributed by atoms with Gasteiger partial charge in [-0.1, -0.05) is 17.8 Å². The van der Waals surface area contributed by atoms with Crippen LogP contribution in [-0.2, 0) is 11.3 Å². The van der Waals surface area contributed by atoms with Crippen LogP contribution in [-0.4, -0.2) is 57.1 Å². The highest BCUT2D eigenvalue weighted by Gasteiger charge is 2.24. The van der Waals surface area contributed by atoms with Gasteiger partial charge in [-0.15, -0.1) is 11.3 Å². The van der Waals surface area contributed by atoms with Crippen molar-refractivity contribution >= 4 is 29.0 Å². The molecule has 1 unspecified atom stereocenters. The monoisotopic (exact) mass is 392 g/mol. The van der Waals surface area contributed by atoms with Crippen LogP contribution in [0.4, 0.5) is 0 Å². The molecule has 140 valence electrons. The highest BCUT2D eigenvalue weighted by molar-refractivity contribution is 8.00. The lowest BCUT2D eigenvalue weighted by Crippen LogP contribution is -2.39. The van der Waals surface area contributed by atoms with E-state index in [0.717, 1.165) is 39.1 Å². The van der Waals surface area contributed by atoms with Gasteiger partial charge in [-0.05, 0) is 31.7 Å². The summed E-state index contributed by atoms with van der Waals surface area (Å²) >= 11 is 3.09. The third kappa shape index (κ3) is 5.18. The molecule has 1 aliphatic rings. The molecule has 1 N–H and O–H groups in total. The number of amides is 1. The molecule has 8 heteroatoms. The summed E-state index contributed by atoms with van der Waals surface area (Å²) in [5, 5.41) is 2.33. The average Bonchev–Trinajstić information content (AvgIpc) is 2.98. The summed E-state index contributed by atoms with van der Waals surface area (Å²) < 4.78 is 0. The molecule has 26 heavy (non-hydrogen) atoms. The first-order chi connectivity index (χ1) is 12.5. The van der Waals surface area contributed by atoms with Crippen LogP contribution in [0.5, 0.6) is 0 Å². The number of hydrogen-bond acceptors (Lipinski definition) is 6. The van der Waals surface area contributed by atoms with Gasteiger partial charge in [0.25, 0.3) is 5.56 Å². The highest BCUT2D eigenvalue weighted by atomic mass is 32.2. The Morgan fingerprint density at radius 2 is 2.23 bits per heavy atom. The number of H-pyrrole nitrogens is 1. The number of aryl methyl sites for hydroxylation is 1. The second-order valence-electron chi connectivity index (χ2n) is 6.49. The lowest BCUT2D eigenvalue weighted by molar-refractivity contribution is -0.130. The molecule has 1 atom stereocenters. The maximum absolute atomic E-state index is 12.8. The summed E-state index contributed by atoms with van der Waals surface area (Å²) in [4.78, 5) is 37.1. The van der Waals surface area contributed by atoms with Gasteiger partial charge in [-0.2, -0.15) is 0 Å². The van der Waals surface area contributed by atoms with Gasteiger partial charge >= 0.3 is 0 Å². The Bertz CT molecular complexity index is 791. The number of aromatic amines is 1. The van der Waals surface area contributed by atoms with Crippen molar-refractivity contribution in [2.75, 3.05) is 26.2 Å². The van der Waals surface area contributed by atoms with Crippen molar-refractivity contribution in [3.8, 4) is 0 Å². The van der Waals surface area contributed by atoms with Crippen molar-refractivity contribution in [2.24, 2.45) is 0 Å². The van der Waals surface area contributed by atoms with Crippen LogP contribution in [0.3, 0.4) is 0 Å². The Morgan fingerprint density at radius 3 is 2.96 bits per heavy atom. The summed E-state index contributed by atoms with van der Waals surface area (Å²) in [6.07, 6.45) is 0.980. The fourth-order valence-corrected chi connectivity index (χ4v) is 4.74. The Hall–Kier alpha value is -1.64. The third-order valence-corrected chi connectivity index (χ3v) is 6.18. The summed E-state index contributed by atoms with van der Waals surface area (Å²) in [5.74, 6) is 0.108. The molecule has 0 radical (unpaired) electrons. The number of nitrogens with zero attached hydrogens (tertiary/aromatic N) is 3. The summed E-state index contributed by atoms with van der Waals surface area (Å²) in [7, 11) is 0. The van der Waals surface area contributed by atoms with E-state index >= 15 is 0 Å².